The highest BCUT2D eigenvalue weighted by molar-refractivity contribution is 5.76. The third-order valence-corrected chi connectivity index (χ3v) is 2.28. The van der Waals surface area contributed by atoms with Gasteiger partial charge in [0.1, 0.15) is 11.4 Å². The van der Waals surface area contributed by atoms with Crippen LogP contribution in [0.15, 0.2) is 28.0 Å². The summed E-state index contributed by atoms with van der Waals surface area (Å²) in [6.07, 6.45) is -2.80. The fourth-order valence-electron chi connectivity index (χ4n) is 1.34. The van der Waals surface area contributed by atoms with Gasteiger partial charge in [-0.05, 0) is 6.07 Å². The van der Waals surface area contributed by atoms with Crippen molar-refractivity contribution in [2.75, 3.05) is 11.1 Å². The van der Waals surface area contributed by atoms with Crippen LogP contribution >= 0.6 is 0 Å². The lowest BCUT2D eigenvalue weighted by molar-refractivity contribution is -0.137. The van der Waals surface area contributed by atoms with Gasteiger partial charge in [0.15, 0.2) is 0 Å². The Hall–Kier alpha value is -2.38. The lowest BCUT2D eigenvalue weighted by Gasteiger charge is -2.11. The smallest absolute Gasteiger partial charge is 0.394 e. The van der Waals surface area contributed by atoms with E-state index in [1.165, 1.54) is 0 Å². The molecule has 0 bridgehead atoms. The molecule has 0 aliphatic heterocycles. The van der Waals surface area contributed by atoms with E-state index in [0.29, 0.717) is 6.20 Å². The maximum absolute atomic E-state index is 12.4. The first-order valence-electron chi connectivity index (χ1n) is 4.68. The van der Waals surface area contributed by atoms with E-state index >= 15 is 0 Å². The number of alkyl halides is 3. The SMILES string of the molecule is Nc1c(Nc2cncc(C(F)(F)F)c2)c(=O)c1=O. The third-order valence-electron chi connectivity index (χ3n) is 2.28. The van der Waals surface area contributed by atoms with Crippen molar-refractivity contribution in [2.45, 2.75) is 6.18 Å². The molecule has 8 heteroatoms. The molecule has 0 saturated heterocycles. The normalized spacial score (nSPS) is 11.7. The molecule has 0 spiro atoms. The Bertz CT molecular complexity index is 672. The molecule has 0 aliphatic rings. The molecule has 2 aromatic rings. The average Bonchev–Trinajstić information content (AvgIpc) is 2.34. The van der Waals surface area contributed by atoms with Crippen molar-refractivity contribution < 1.29 is 13.2 Å². The van der Waals surface area contributed by atoms with Crippen molar-refractivity contribution in [1.29, 1.82) is 0 Å². The minimum atomic E-state index is -4.54. The monoisotopic (exact) mass is 257 g/mol. The summed E-state index contributed by atoms with van der Waals surface area (Å²) in [5, 5.41) is 2.34. The van der Waals surface area contributed by atoms with Crippen LogP contribution in [0.3, 0.4) is 0 Å². The van der Waals surface area contributed by atoms with E-state index in [1.807, 2.05) is 0 Å². The minimum absolute atomic E-state index is 0.0661. The van der Waals surface area contributed by atoms with Gasteiger partial charge < -0.3 is 11.1 Å². The van der Waals surface area contributed by atoms with Crippen molar-refractivity contribution in [1.82, 2.24) is 4.98 Å². The number of rotatable bonds is 2. The first kappa shape index (κ1) is 12.1. The first-order chi connectivity index (χ1) is 8.30. The largest absolute Gasteiger partial charge is 0.417 e. The number of nitrogens with one attached hydrogen (secondary N) is 1. The van der Waals surface area contributed by atoms with Gasteiger partial charge in [-0.15, -0.1) is 0 Å². The maximum Gasteiger partial charge on any atom is 0.417 e. The van der Waals surface area contributed by atoms with Gasteiger partial charge >= 0.3 is 6.18 Å². The Kier molecular flexibility index (Phi) is 2.57. The van der Waals surface area contributed by atoms with E-state index in [1.54, 1.807) is 0 Å². The molecule has 2 rings (SSSR count). The molecular formula is C10H6F3N3O2. The summed E-state index contributed by atoms with van der Waals surface area (Å²) < 4.78 is 37.2. The number of hydrogen-bond donors (Lipinski definition) is 2. The van der Waals surface area contributed by atoms with Gasteiger partial charge in [-0.1, -0.05) is 0 Å². The van der Waals surface area contributed by atoms with Crippen LogP contribution < -0.4 is 21.9 Å². The summed E-state index contributed by atoms with van der Waals surface area (Å²) in [6.45, 7) is 0. The number of anilines is 3. The zero-order valence-electron chi connectivity index (χ0n) is 8.71. The van der Waals surface area contributed by atoms with Crippen LogP contribution in [-0.4, -0.2) is 4.98 Å². The van der Waals surface area contributed by atoms with Crippen molar-refractivity contribution >= 4 is 17.1 Å². The summed E-state index contributed by atoms with van der Waals surface area (Å²) in [7, 11) is 0. The van der Waals surface area contributed by atoms with Gasteiger partial charge in [0.25, 0.3) is 10.9 Å². The van der Waals surface area contributed by atoms with Crippen LogP contribution in [-0.2, 0) is 6.18 Å². The number of nitrogens with zero attached hydrogens (tertiary/aromatic N) is 1. The Morgan fingerprint density at radius 3 is 2.39 bits per heavy atom. The quantitative estimate of drug-likeness (QED) is 0.784. The minimum Gasteiger partial charge on any atom is -0.394 e. The molecule has 5 nitrogen and oxygen atoms in total. The fraction of sp³-hybridized carbons (Fsp3) is 0.100. The molecule has 18 heavy (non-hydrogen) atoms. The number of hydrogen-bond acceptors (Lipinski definition) is 5. The van der Waals surface area contributed by atoms with Crippen LogP contribution in [0.1, 0.15) is 5.56 Å². The maximum atomic E-state index is 12.4. The summed E-state index contributed by atoms with van der Waals surface area (Å²) in [5.41, 5.74) is 1.99. The molecule has 0 amide bonds. The third kappa shape index (κ3) is 1.92. The summed E-state index contributed by atoms with van der Waals surface area (Å²) in [4.78, 5) is 25.3. The second kappa shape index (κ2) is 3.83. The Morgan fingerprint density at radius 2 is 1.83 bits per heavy atom. The van der Waals surface area contributed by atoms with Gasteiger partial charge in [0, 0.05) is 6.20 Å². The average molecular weight is 257 g/mol. The number of pyridine rings is 1. The van der Waals surface area contributed by atoms with Gasteiger partial charge in [0.2, 0.25) is 0 Å². The van der Waals surface area contributed by atoms with Crippen molar-refractivity contribution in [2.24, 2.45) is 0 Å². The highest BCUT2D eigenvalue weighted by Gasteiger charge is 2.31. The zero-order chi connectivity index (χ0) is 13.5. The lowest BCUT2D eigenvalue weighted by Crippen LogP contribution is -2.36. The molecule has 0 atom stereocenters. The van der Waals surface area contributed by atoms with E-state index < -0.39 is 22.6 Å². The number of aromatic nitrogens is 1. The molecule has 0 unspecified atom stereocenters. The van der Waals surface area contributed by atoms with Crippen LogP contribution in [0.4, 0.5) is 30.2 Å². The van der Waals surface area contributed by atoms with Crippen LogP contribution in [0.2, 0.25) is 0 Å². The molecular weight excluding hydrogens is 251 g/mol. The first-order valence-corrected chi connectivity index (χ1v) is 4.68. The predicted octanol–water partition coefficient (Wildman–Crippen LogP) is 1.02. The van der Waals surface area contributed by atoms with Gasteiger partial charge in [0.05, 0.1) is 17.4 Å². The van der Waals surface area contributed by atoms with E-state index in [-0.39, 0.29) is 17.1 Å². The number of halogens is 3. The van der Waals surface area contributed by atoms with Crippen LogP contribution in [0, 0.1) is 0 Å². The number of nitrogen functional groups attached to an aromatic ring is 1. The molecule has 94 valence electrons. The van der Waals surface area contributed by atoms with Crippen LogP contribution in [0.5, 0.6) is 0 Å². The van der Waals surface area contributed by atoms with Gasteiger partial charge in [-0.3, -0.25) is 14.6 Å². The number of nitrogens with two attached hydrogens (primary N) is 1. The molecule has 0 aliphatic carbocycles. The Balaban J connectivity index is 2.32. The molecule has 0 fully saturated rings. The van der Waals surface area contributed by atoms with Crippen molar-refractivity contribution in [3.05, 3.63) is 44.5 Å². The molecule has 0 radical (unpaired) electrons. The van der Waals surface area contributed by atoms with Gasteiger partial charge in [-0.2, -0.15) is 13.2 Å². The van der Waals surface area contributed by atoms with E-state index in [2.05, 4.69) is 10.3 Å². The molecule has 0 saturated carbocycles. The summed E-state index contributed by atoms with van der Waals surface area (Å²) in [6, 6.07) is 0.767. The highest BCUT2D eigenvalue weighted by atomic mass is 19.4. The van der Waals surface area contributed by atoms with Crippen molar-refractivity contribution in [3.63, 3.8) is 0 Å². The van der Waals surface area contributed by atoms with E-state index in [0.717, 1.165) is 12.3 Å². The van der Waals surface area contributed by atoms with E-state index in [9.17, 15) is 22.8 Å². The Labute approximate surface area is 97.8 Å². The molecule has 1 aromatic heterocycles. The summed E-state index contributed by atoms with van der Waals surface area (Å²) >= 11 is 0. The predicted molar refractivity (Wildman–Crippen MR) is 58.3 cm³/mol. The summed E-state index contributed by atoms with van der Waals surface area (Å²) in [5.74, 6) is 0. The Morgan fingerprint density at radius 1 is 1.17 bits per heavy atom. The molecule has 1 heterocycles. The van der Waals surface area contributed by atoms with Crippen LogP contribution in [0.25, 0.3) is 0 Å². The zero-order valence-corrected chi connectivity index (χ0v) is 8.71. The molecule has 1 aromatic carbocycles. The van der Waals surface area contributed by atoms with Gasteiger partial charge in [-0.25, -0.2) is 0 Å². The second-order valence-corrected chi connectivity index (χ2v) is 3.53. The standard InChI is InChI=1S/C10H6F3N3O2/c11-10(12,13)4-1-5(3-15-2-4)16-7-6(14)8(17)9(7)18/h1-3,16H,14H2. The highest BCUT2D eigenvalue weighted by Crippen LogP contribution is 2.30. The van der Waals surface area contributed by atoms with Crippen molar-refractivity contribution in [3.8, 4) is 0 Å². The lowest BCUT2D eigenvalue weighted by atomic mass is 10.2. The molecule has 3 N–H and O–H groups in total. The second-order valence-electron chi connectivity index (χ2n) is 3.53. The topological polar surface area (TPSA) is 85.1 Å². The van der Waals surface area contributed by atoms with E-state index in [4.69, 9.17) is 5.73 Å². The fourth-order valence-corrected chi connectivity index (χ4v) is 1.34.